The molecule has 0 spiro atoms. The van der Waals surface area contributed by atoms with Crippen molar-refractivity contribution >= 4 is 33.4 Å². The Morgan fingerprint density at radius 1 is 1.00 bits per heavy atom. The van der Waals surface area contributed by atoms with E-state index >= 15 is 0 Å². The molecule has 2 amide bonds. The fourth-order valence-corrected chi connectivity index (χ4v) is 4.17. The van der Waals surface area contributed by atoms with E-state index in [2.05, 4.69) is 5.32 Å². The zero-order valence-electron chi connectivity index (χ0n) is 18.1. The highest BCUT2D eigenvalue weighted by Crippen LogP contribution is 2.18. The van der Waals surface area contributed by atoms with Crippen molar-refractivity contribution < 1.29 is 18.0 Å². The Hall–Kier alpha value is -2.42. The highest BCUT2D eigenvalue weighted by molar-refractivity contribution is 7.89. The van der Waals surface area contributed by atoms with E-state index in [4.69, 9.17) is 11.6 Å². The summed E-state index contributed by atoms with van der Waals surface area (Å²) in [5.41, 5.74) is 0.836. The van der Waals surface area contributed by atoms with Crippen LogP contribution in [0.5, 0.6) is 0 Å². The summed E-state index contributed by atoms with van der Waals surface area (Å²) in [5.74, 6) is -0.780. The van der Waals surface area contributed by atoms with Gasteiger partial charge in [-0.25, -0.2) is 8.42 Å². The maximum atomic E-state index is 13.1. The smallest absolute Gasteiger partial charge is 0.243 e. The lowest BCUT2D eigenvalue weighted by atomic mass is 10.1. The minimum atomic E-state index is -3.90. The molecule has 0 unspecified atom stereocenters. The number of sulfonamides is 1. The summed E-state index contributed by atoms with van der Waals surface area (Å²) in [5, 5.41) is 3.21. The summed E-state index contributed by atoms with van der Waals surface area (Å²) in [6, 6.07) is 14.1. The Balaban J connectivity index is 2.24. The van der Waals surface area contributed by atoms with Crippen LogP contribution in [0.2, 0.25) is 5.02 Å². The Morgan fingerprint density at radius 3 is 2.13 bits per heavy atom. The predicted molar refractivity (Wildman–Crippen MR) is 121 cm³/mol. The fourth-order valence-electron chi connectivity index (χ4n) is 2.92. The van der Waals surface area contributed by atoms with E-state index in [9.17, 15) is 18.0 Å². The molecule has 0 bridgehead atoms. The summed E-state index contributed by atoms with van der Waals surface area (Å²) in [7, 11) is -2.56. The topological polar surface area (TPSA) is 86.8 Å². The highest BCUT2D eigenvalue weighted by Gasteiger charge is 2.30. The molecule has 2 rings (SSSR count). The first kappa shape index (κ1) is 24.8. The number of hydrogen-bond acceptors (Lipinski definition) is 4. The van der Waals surface area contributed by atoms with Crippen LogP contribution in [0.1, 0.15) is 26.3 Å². The van der Waals surface area contributed by atoms with Crippen LogP contribution < -0.4 is 5.32 Å². The van der Waals surface area contributed by atoms with Gasteiger partial charge in [-0.15, -0.1) is 0 Å². The molecular weight excluding hydrogens is 438 g/mol. The summed E-state index contributed by atoms with van der Waals surface area (Å²) < 4.78 is 26.7. The van der Waals surface area contributed by atoms with Crippen LogP contribution in [0.3, 0.4) is 0 Å². The second-order valence-corrected chi connectivity index (χ2v) is 10.0. The van der Waals surface area contributed by atoms with E-state index < -0.39 is 28.5 Å². The number of halogens is 1. The summed E-state index contributed by atoms with van der Waals surface area (Å²) in [6.45, 7) is 5.07. The number of nitrogens with zero attached hydrogens (tertiary/aromatic N) is 2. The lowest BCUT2D eigenvalue weighted by molar-refractivity contribution is -0.140. The average molecular weight is 466 g/mol. The predicted octanol–water partition coefficient (Wildman–Crippen LogP) is 2.90. The van der Waals surface area contributed by atoms with Crippen LogP contribution in [0, 0.1) is 0 Å². The second kappa shape index (κ2) is 10.7. The number of benzene rings is 2. The first-order valence-electron chi connectivity index (χ1n) is 9.88. The van der Waals surface area contributed by atoms with Gasteiger partial charge in [0.05, 0.1) is 11.4 Å². The van der Waals surface area contributed by atoms with Gasteiger partial charge in [0.15, 0.2) is 0 Å². The van der Waals surface area contributed by atoms with Crippen molar-refractivity contribution in [2.24, 2.45) is 0 Å². The molecule has 0 saturated carbocycles. The van der Waals surface area contributed by atoms with Gasteiger partial charge in [0, 0.05) is 24.7 Å². The number of amides is 2. The molecule has 0 heterocycles. The molecule has 0 aliphatic carbocycles. The van der Waals surface area contributed by atoms with Crippen LogP contribution in [0.4, 0.5) is 0 Å². The van der Waals surface area contributed by atoms with Crippen molar-refractivity contribution in [3.63, 3.8) is 0 Å². The standard InChI is InChI=1S/C22H28ClN3O4S/c1-16(2)24-22(28)17(3)26(14-18-8-6-5-7-9-18)21(27)15-25(4)31(29,30)20-12-10-19(23)11-13-20/h5-13,16-17H,14-15H2,1-4H3,(H,24,28)/t17-/m0/s1. The van der Waals surface area contributed by atoms with Crippen LogP contribution in [-0.4, -0.2) is 55.1 Å². The quantitative estimate of drug-likeness (QED) is 0.616. The molecule has 2 aromatic rings. The van der Waals surface area contributed by atoms with E-state index in [1.807, 2.05) is 44.2 Å². The molecule has 31 heavy (non-hydrogen) atoms. The first-order valence-corrected chi connectivity index (χ1v) is 11.7. The number of likely N-dealkylation sites (N-methyl/N-ethyl adjacent to an activating group) is 1. The van der Waals surface area contributed by atoms with Gasteiger partial charge in [-0.1, -0.05) is 41.9 Å². The number of carbonyl (C=O) groups is 2. The molecule has 0 radical (unpaired) electrons. The number of hydrogen-bond donors (Lipinski definition) is 1. The Bertz CT molecular complexity index is 995. The number of nitrogens with one attached hydrogen (secondary N) is 1. The Labute approximate surface area is 189 Å². The molecule has 0 aromatic heterocycles. The number of rotatable bonds is 9. The third-order valence-corrected chi connectivity index (χ3v) is 6.74. The Kier molecular flexibility index (Phi) is 8.61. The average Bonchev–Trinajstić information content (AvgIpc) is 2.72. The van der Waals surface area contributed by atoms with Crippen LogP contribution >= 0.6 is 11.6 Å². The molecule has 0 fully saturated rings. The fraction of sp³-hybridized carbons (Fsp3) is 0.364. The lowest BCUT2D eigenvalue weighted by Gasteiger charge is -2.30. The van der Waals surface area contributed by atoms with Gasteiger partial charge < -0.3 is 10.2 Å². The van der Waals surface area contributed by atoms with Crippen LogP contribution in [0.15, 0.2) is 59.5 Å². The zero-order chi connectivity index (χ0) is 23.2. The molecule has 7 nitrogen and oxygen atoms in total. The molecule has 1 N–H and O–H groups in total. The summed E-state index contributed by atoms with van der Waals surface area (Å²) >= 11 is 5.84. The largest absolute Gasteiger partial charge is 0.352 e. The van der Waals surface area contributed by atoms with Crippen molar-refractivity contribution in [1.29, 1.82) is 0 Å². The van der Waals surface area contributed by atoms with Gasteiger partial charge in [-0.3, -0.25) is 9.59 Å². The molecule has 0 aliphatic rings. The highest BCUT2D eigenvalue weighted by atomic mass is 35.5. The molecular formula is C22H28ClN3O4S. The van der Waals surface area contributed by atoms with Gasteiger partial charge in [0.2, 0.25) is 21.8 Å². The summed E-state index contributed by atoms with van der Waals surface area (Å²) in [4.78, 5) is 27.1. The molecule has 168 valence electrons. The van der Waals surface area contributed by atoms with E-state index in [0.717, 1.165) is 9.87 Å². The minimum Gasteiger partial charge on any atom is -0.352 e. The van der Waals surface area contributed by atoms with Crippen molar-refractivity contribution in [2.75, 3.05) is 13.6 Å². The van der Waals surface area contributed by atoms with Crippen molar-refractivity contribution in [2.45, 2.75) is 44.3 Å². The van der Waals surface area contributed by atoms with Gasteiger partial charge in [0.25, 0.3) is 0 Å². The van der Waals surface area contributed by atoms with E-state index in [1.165, 1.54) is 36.2 Å². The van der Waals surface area contributed by atoms with Gasteiger partial charge in [-0.2, -0.15) is 4.31 Å². The monoisotopic (exact) mass is 465 g/mol. The third kappa shape index (κ3) is 6.78. The van der Waals surface area contributed by atoms with E-state index in [1.54, 1.807) is 6.92 Å². The van der Waals surface area contributed by atoms with Gasteiger partial charge >= 0.3 is 0 Å². The first-order chi connectivity index (χ1) is 14.5. The van der Waals surface area contributed by atoms with Crippen LogP contribution in [0.25, 0.3) is 0 Å². The lowest BCUT2D eigenvalue weighted by Crippen LogP contribution is -2.51. The molecule has 1 atom stereocenters. The van der Waals surface area contributed by atoms with Crippen molar-refractivity contribution in [3.8, 4) is 0 Å². The molecule has 9 heteroatoms. The van der Waals surface area contributed by atoms with Gasteiger partial charge in [-0.05, 0) is 50.6 Å². The van der Waals surface area contributed by atoms with Crippen molar-refractivity contribution in [3.05, 3.63) is 65.2 Å². The third-order valence-electron chi connectivity index (χ3n) is 4.67. The number of carbonyl (C=O) groups excluding carboxylic acids is 2. The van der Waals surface area contributed by atoms with Crippen molar-refractivity contribution in [1.82, 2.24) is 14.5 Å². The van der Waals surface area contributed by atoms with E-state index in [0.29, 0.717) is 5.02 Å². The summed E-state index contributed by atoms with van der Waals surface area (Å²) in [6.07, 6.45) is 0. The SMILES string of the molecule is CC(C)NC(=O)[C@H](C)N(Cc1ccccc1)C(=O)CN(C)S(=O)(=O)c1ccc(Cl)cc1. The van der Waals surface area contributed by atoms with Gasteiger partial charge in [0.1, 0.15) is 6.04 Å². The minimum absolute atomic E-state index is 0.0346. The van der Waals surface area contributed by atoms with E-state index in [-0.39, 0.29) is 23.4 Å². The normalized spacial score (nSPS) is 12.6. The van der Waals surface area contributed by atoms with Crippen LogP contribution in [-0.2, 0) is 26.2 Å². The molecule has 0 saturated heterocycles. The molecule has 0 aliphatic heterocycles. The molecule has 2 aromatic carbocycles. The maximum absolute atomic E-state index is 13.1. The maximum Gasteiger partial charge on any atom is 0.243 e. The zero-order valence-corrected chi connectivity index (χ0v) is 19.7. The second-order valence-electron chi connectivity index (χ2n) is 7.56. The Morgan fingerprint density at radius 2 is 1.58 bits per heavy atom.